The Labute approximate surface area is 138 Å². The van der Waals surface area contributed by atoms with Gasteiger partial charge in [0.2, 0.25) is 0 Å². The van der Waals surface area contributed by atoms with Crippen LogP contribution in [0.2, 0.25) is 0 Å². The summed E-state index contributed by atoms with van der Waals surface area (Å²) in [5.41, 5.74) is 4.14. The van der Waals surface area contributed by atoms with E-state index in [9.17, 15) is 0 Å². The molecule has 0 atom stereocenters. The van der Waals surface area contributed by atoms with Crippen LogP contribution in [0.1, 0.15) is 0 Å². The highest BCUT2D eigenvalue weighted by Crippen LogP contribution is 2.25. The van der Waals surface area contributed by atoms with Crippen LogP contribution < -0.4 is 15.1 Å². The summed E-state index contributed by atoms with van der Waals surface area (Å²) < 4.78 is 0. The third kappa shape index (κ3) is 4.17. The van der Waals surface area contributed by atoms with Crippen LogP contribution in [0.3, 0.4) is 0 Å². The zero-order chi connectivity index (χ0) is 16.8. The molecule has 120 valence electrons. The van der Waals surface area contributed by atoms with Crippen molar-refractivity contribution in [3.05, 3.63) is 60.9 Å². The molecule has 0 radical (unpaired) electrons. The molecule has 2 aromatic carbocycles. The van der Waals surface area contributed by atoms with Crippen LogP contribution in [0.25, 0.3) is 0 Å². The lowest BCUT2D eigenvalue weighted by Gasteiger charge is -2.18. The minimum absolute atomic E-state index is 0.594. The Balaban J connectivity index is 2.11. The molecule has 0 saturated carbocycles. The Kier molecular flexibility index (Phi) is 5.49. The zero-order valence-electron chi connectivity index (χ0n) is 14.2. The van der Waals surface area contributed by atoms with E-state index in [1.54, 1.807) is 0 Å². The molecule has 5 nitrogen and oxygen atoms in total. The highest BCUT2D eigenvalue weighted by molar-refractivity contribution is 5.64. The molecule has 23 heavy (non-hydrogen) atoms. The van der Waals surface area contributed by atoms with Crippen molar-refractivity contribution in [2.24, 2.45) is 10.2 Å². The second-order valence-electron chi connectivity index (χ2n) is 5.43. The molecule has 0 fully saturated rings. The van der Waals surface area contributed by atoms with Gasteiger partial charge in [0.15, 0.2) is 5.69 Å². The van der Waals surface area contributed by atoms with Crippen LogP contribution in [0.4, 0.5) is 22.7 Å². The number of hydrogen-bond donors (Lipinski definition) is 1. The number of rotatable bonds is 6. The number of azo groups is 1. The standard InChI is InChI=1S/C18H23N5/c1-14(23(5)18-9-7-6-8-17(18)19-2)20-21-15-10-12-16(13-11-15)22(3)4/h6-13,19H,1H2,2-5H3/p+1. The first-order chi connectivity index (χ1) is 11.0. The van der Waals surface area contributed by atoms with E-state index in [1.165, 1.54) is 0 Å². The molecular weight excluding hydrogens is 286 g/mol. The topological polar surface area (TPSA) is 47.8 Å². The maximum absolute atomic E-state index is 4.26. The van der Waals surface area contributed by atoms with E-state index in [1.807, 2.05) is 80.5 Å². The third-order valence-corrected chi connectivity index (χ3v) is 3.64. The first-order valence-corrected chi connectivity index (χ1v) is 7.53. The quantitative estimate of drug-likeness (QED) is 0.657. The molecule has 0 amide bonds. The predicted molar refractivity (Wildman–Crippen MR) is 96.8 cm³/mol. The van der Waals surface area contributed by atoms with Crippen LogP contribution in [-0.4, -0.2) is 28.2 Å². The number of para-hydroxylation sites is 2. The lowest BCUT2D eigenvalue weighted by molar-refractivity contribution is -0.538. The summed E-state index contributed by atoms with van der Waals surface area (Å²) in [7, 11) is 7.98. The average molecular weight is 310 g/mol. The van der Waals surface area contributed by atoms with Gasteiger partial charge in [0.1, 0.15) is 11.5 Å². The molecule has 2 rings (SSSR count). The molecule has 0 heterocycles. The molecule has 0 aliphatic heterocycles. The number of benzene rings is 2. The fourth-order valence-electron chi connectivity index (χ4n) is 2.18. The minimum Gasteiger partial charge on any atom is -0.378 e. The van der Waals surface area contributed by atoms with Crippen molar-refractivity contribution in [2.75, 3.05) is 38.0 Å². The van der Waals surface area contributed by atoms with E-state index in [-0.39, 0.29) is 0 Å². The SMILES string of the molecule is C=C(N=Nc1ccc(N(C)C)cc1)N(C)c1ccccc1[NH2+]C. The van der Waals surface area contributed by atoms with Gasteiger partial charge in [-0.2, -0.15) is 0 Å². The van der Waals surface area contributed by atoms with Gasteiger partial charge in [0.25, 0.3) is 0 Å². The lowest BCUT2D eigenvalue weighted by Crippen LogP contribution is -2.73. The summed E-state index contributed by atoms with van der Waals surface area (Å²) in [4.78, 5) is 3.98. The summed E-state index contributed by atoms with van der Waals surface area (Å²) in [6.07, 6.45) is 0. The third-order valence-electron chi connectivity index (χ3n) is 3.64. The van der Waals surface area contributed by atoms with Crippen molar-refractivity contribution in [3.63, 3.8) is 0 Å². The Bertz CT molecular complexity index is 689. The van der Waals surface area contributed by atoms with Gasteiger partial charge >= 0.3 is 0 Å². The number of anilines is 2. The van der Waals surface area contributed by atoms with Gasteiger partial charge in [0, 0.05) is 32.9 Å². The van der Waals surface area contributed by atoms with Crippen molar-refractivity contribution in [3.8, 4) is 0 Å². The Morgan fingerprint density at radius 3 is 2.26 bits per heavy atom. The van der Waals surface area contributed by atoms with Crippen molar-refractivity contribution in [1.29, 1.82) is 0 Å². The van der Waals surface area contributed by atoms with E-state index in [0.29, 0.717) is 5.82 Å². The van der Waals surface area contributed by atoms with E-state index in [4.69, 9.17) is 0 Å². The van der Waals surface area contributed by atoms with Crippen molar-refractivity contribution >= 4 is 22.7 Å². The van der Waals surface area contributed by atoms with E-state index in [0.717, 1.165) is 22.7 Å². The van der Waals surface area contributed by atoms with Gasteiger partial charge in [0.05, 0.1) is 12.7 Å². The fourth-order valence-corrected chi connectivity index (χ4v) is 2.18. The summed E-state index contributed by atoms with van der Waals surface area (Å²) in [6.45, 7) is 4.01. The van der Waals surface area contributed by atoms with Gasteiger partial charge in [-0.1, -0.05) is 18.7 Å². The normalized spacial score (nSPS) is 10.8. The van der Waals surface area contributed by atoms with Crippen LogP contribution in [0, 0.1) is 0 Å². The maximum atomic E-state index is 4.26. The Morgan fingerprint density at radius 1 is 1.00 bits per heavy atom. The van der Waals surface area contributed by atoms with E-state index < -0.39 is 0 Å². The van der Waals surface area contributed by atoms with Gasteiger partial charge in [-0.05, 0) is 30.3 Å². The number of nitrogens with two attached hydrogens (primary N) is 1. The molecule has 2 aromatic rings. The highest BCUT2D eigenvalue weighted by atomic mass is 15.3. The average Bonchev–Trinajstić information content (AvgIpc) is 2.59. The molecule has 0 unspecified atom stereocenters. The lowest BCUT2D eigenvalue weighted by atomic mass is 10.2. The largest absolute Gasteiger partial charge is 0.378 e. The molecule has 0 bridgehead atoms. The zero-order valence-corrected chi connectivity index (χ0v) is 14.2. The minimum atomic E-state index is 0.594. The smallest absolute Gasteiger partial charge is 0.153 e. The van der Waals surface area contributed by atoms with E-state index >= 15 is 0 Å². The maximum Gasteiger partial charge on any atom is 0.153 e. The monoisotopic (exact) mass is 310 g/mol. The van der Waals surface area contributed by atoms with Gasteiger partial charge < -0.3 is 15.1 Å². The fraction of sp³-hybridized carbons (Fsp3) is 0.222. The highest BCUT2D eigenvalue weighted by Gasteiger charge is 2.11. The predicted octanol–water partition coefficient (Wildman–Crippen LogP) is 3.27. The number of quaternary nitrogens is 1. The molecule has 5 heteroatoms. The van der Waals surface area contributed by atoms with Gasteiger partial charge in [-0.25, -0.2) is 0 Å². The summed E-state index contributed by atoms with van der Waals surface area (Å²) >= 11 is 0. The summed E-state index contributed by atoms with van der Waals surface area (Å²) in [5, 5.41) is 10.6. The Hall–Kier alpha value is -2.66. The van der Waals surface area contributed by atoms with Gasteiger partial charge in [-0.15, -0.1) is 10.2 Å². The second-order valence-corrected chi connectivity index (χ2v) is 5.43. The number of hydrogen-bond acceptors (Lipinski definition) is 4. The van der Waals surface area contributed by atoms with Crippen LogP contribution >= 0.6 is 0 Å². The molecule has 0 spiro atoms. The first-order valence-electron chi connectivity index (χ1n) is 7.53. The van der Waals surface area contributed by atoms with Crippen molar-refractivity contribution < 1.29 is 5.32 Å². The molecular formula is C18H24N5+. The van der Waals surface area contributed by atoms with Crippen LogP contribution in [-0.2, 0) is 0 Å². The molecule has 0 aliphatic rings. The molecule has 0 saturated heterocycles. The van der Waals surface area contributed by atoms with Gasteiger partial charge in [-0.3, -0.25) is 0 Å². The summed E-state index contributed by atoms with van der Waals surface area (Å²) in [6, 6.07) is 16.1. The molecule has 0 aliphatic carbocycles. The molecule has 2 N–H and O–H groups in total. The second kappa shape index (κ2) is 7.56. The molecule has 0 aromatic heterocycles. The van der Waals surface area contributed by atoms with Crippen molar-refractivity contribution in [1.82, 2.24) is 0 Å². The van der Waals surface area contributed by atoms with Crippen LogP contribution in [0.15, 0.2) is 71.2 Å². The Morgan fingerprint density at radius 2 is 1.65 bits per heavy atom. The summed E-state index contributed by atoms with van der Waals surface area (Å²) in [5.74, 6) is 0.594. The van der Waals surface area contributed by atoms with Crippen molar-refractivity contribution in [2.45, 2.75) is 0 Å². The first kappa shape index (κ1) is 16.7. The number of nitrogens with zero attached hydrogens (tertiary/aromatic N) is 4. The van der Waals surface area contributed by atoms with E-state index in [2.05, 4.69) is 28.2 Å². The van der Waals surface area contributed by atoms with Crippen LogP contribution in [0.5, 0.6) is 0 Å².